The lowest BCUT2D eigenvalue weighted by atomic mass is 9.98. The van der Waals surface area contributed by atoms with Crippen LogP contribution in [0.2, 0.25) is 10.0 Å². The summed E-state index contributed by atoms with van der Waals surface area (Å²) in [5.41, 5.74) is 1.92. The van der Waals surface area contributed by atoms with Gasteiger partial charge in [-0.2, -0.15) is 0 Å². The molecule has 2 rings (SSSR count). The van der Waals surface area contributed by atoms with Crippen LogP contribution in [-0.2, 0) is 4.79 Å². The van der Waals surface area contributed by atoms with Gasteiger partial charge in [-0.3, -0.25) is 4.79 Å². The molecule has 0 fully saturated rings. The number of nitrogens with one attached hydrogen (secondary N) is 2. The zero-order chi connectivity index (χ0) is 16.7. The van der Waals surface area contributed by atoms with Crippen molar-refractivity contribution >= 4 is 41.5 Å². The molecular formula is C18H21Cl3N2O. The van der Waals surface area contributed by atoms with E-state index in [4.69, 9.17) is 23.2 Å². The van der Waals surface area contributed by atoms with E-state index in [1.54, 1.807) is 12.1 Å². The first-order chi connectivity index (χ1) is 11.1. The van der Waals surface area contributed by atoms with Crippen LogP contribution in [0.4, 0.5) is 0 Å². The Bertz CT molecular complexity index is 650. The molecule has 2 N–H and O–H groups in total. The monoisotopic (exact) mass is 386 g/mol. The van der Waals surface area contributed by atoms with E-state index in [2.05, 4.69) is 10.6 Å². The molecule has 0 radical (unpaired) electrons. The van der Waals surface area contributed by atoms with Gasteiger partial charge < -0.3 is 10.6 Å². The van der Waals surface area contributed by atoms with Crippen LogP contribution in [0.3, 0.4) is 0 Å². The lowest BCUT2D eigenvalue weighted by Crippen LogP contribution is -2.29. The summed E-state index contributed by atoms with van der Waals surface area (Å²) in [7, 11) is 1.88. The van der Waals surface area contributed by atoms with Crippen molar-refractivity contribution in [2.24, 2.45) is 0 Å². The molecule has 6 heteroatoms. The molecule has 0 aliphatic carbocycles. The molecule has 0 aliphatic heterocycles. The maximum absolute atomic E-state index is 12.2. The van der Waals surface area contributed by atoms with Crippen LogP contribution in [0, 0.1) is 0 Å². The maximum Gasteiger partial charge on any atom is 0.220 e. The van der Waals surface area contributed by atoms with Gasteiger partial charge in [0.2, 0.25) is 5.91 Å². The molecule has 3 nitrogen and oxygen atoms in total. The Morgan fingerprint density at radius 3 is 2.38 bits per heavy atom. The van der Waals surface area contributed by atoms with Crippen LogP contribution >= 0.6 is 35.6 Å². The zero-order valence-electron chi connectivity index (χ0n) is 13.4. The van der Waals surface area contributed by atoms with Crippen LogP contribution in [-0.4, -0.2) is 19.5 Å². The van der Waals surface area contributed by atoms with Gasteiger partial charge in [-0.25, -0.2) is 0 Å². The molecule has 0 bridgehead atoms. The minimum Gasteiger partial charge on any atom is -0.345 e. The molecule has 1 unspecified atom stereocenters. The van der Waals surface area contributed by atoms with Crippen molar-refractivity contribution in [2.75, 3.05) is 13.6 Å². The van der Waals surface area contributed by atoms with Gasteiger partial charge in [-0.05, 0) is 43.3 Å². The lowest BCUT2D eigenvalue weighted by molar-refractivity contribution is -0.121. The third kappa shape index (κ3) is 5.99. The van der Waals surface area contributed by atoms with Crippen molar-refractivity contribution < 1.29 is 4.79 Å². The lowest BCUT2D eigenvalue weighted by Gasteiger charge is -2.20. The summed E-state index contributed by atoms with van der Waals surface area (Å²) < 4.78 is 0. The molecule has 0 heterocycles. The second kappa shape index (κ2) is 10.6. The highest BCUT2D eigenvalue weighted by molar-refractivity contribution is 6.42. The number of hydrogen-bond acceptors (Lipinski definition) is 2. The quantitative estimate of drug-likeness (QED) is 0.681. The first-order valence-electron chi connectivity index (χ1n) is 7.55. The average molecular weight is 388 g/mol. The van der Waals surface area contributed by atoms with Gasteiger partial charge in [0.15, 0.2) is 0 Å². The molecule has 1 atom stereocenters. The summed E-state index contributed by atoms with van der Waals surface area (Å²) in [4.78, 5) is 12.2. The molecule has 0 saturated heterocycles. The molecule has 0 saturated carbocycles. The third-order valence-corrected chi connectivity index (χ3v) is 4.28. The number of carbonyl (C=O) groups is 1. The second-order valence-electron chi connectivity index (χ2n) is 5.29. The molecule has 2 aromatic carbocycles. The van der Waals surface area contributed by atoms with E-state index < -0.39 is 0 Å². The van der Waals surface area contributed by atoms with Crippen LogP contribution in [0.1, 0.15) is 30.0 Å². The van der Waals surface area contributed by atoms with Gasteiger partial charge >= 0.3 is 0 Å². The molecular weight excluding hydrogens is 367 g/mol. The highest BCUT2D eigenvalue weighted by Crippen LogP contribution is 2.29. The highest BCUT2D eigenvalue weighted by atomic mass is 35.5. The largest absolute Gasteiger partial charge is 0.345 e. The summed E-state index contributed by atoms with van der Waals surface area (Å²) in [6.07, 6.45) is 1.27. The van der Waals surface area contributed by atoms with Crippen LogP contribution < -0.4 is 10.6 Å². The minimum absolute atomic E-state index is 0. The summed E-state index contributed by atoms with van der Waals surface area (Å²) >= 11 is 12.1. The molecule has 24 heavy (non-hydrogen) atoms. The number of hydrogen-bond donors (Lipinski definition) is 2. The van der Waals surface area contributed by atoms with E-state index in [-0.39, 0.29) is 24.4 Å². The third-order valence-electron chi connectivity index (χ3n) is 3.55. The van der Waals surface area contributed by atoms with Gasteiger partial charge in [0.05, 0.1) is 16.1 Å². The number of carbonyl (C=O) groups excluding carboxylic acids is 1. The van der Waals surface area contributed by atoms with Crippen molar-refractivity contribution in [3.05, 3.63) is 69.7 Å². The van der Waals surface area contributed by atoms with Gasteiger partial charge in [-0.1, -0.05) is 59.6 Å². The average Bonchev–Trinajstić information content (AvgIpc) is 2.56. The highest BCUT2D eigenvalue weighted by Gasteiger charge is 2.17. The van der Waals surface area contributed by atoms with Crippen LogP contribution in [0.5, 0.6) is 0 Å². The van der Waals surface area contributed by atoms with Gasteiger partial charge in [0.25, 0.3) is 0 Å². The Labute approximate surface area is 159 Å². The predicted molar refractivity (Wildman–Crippen MR) is 103 cm³/mol. The van der Waals surface area contributed by atoms with Gasteiger partial charge in [0, 0.05) is 6.42 Å². The van der Waals surface area contributed by atoms with Crippen molar-refractivity contribution in [2.45, 2.75) is 18.9 Å². The van der Waals surface area contributed by atoms with E-state index in [0.29, 0.717) is 16.5 Å². The molecule has 0 aromatic heterocycles. The Morgan fingerprint density at radius 1 is 1.04 bits per heavy atom. The molecule has 1 amide bonds. The SMILES string of the molecule is CNCCCC(=O)NC(c1ccccc1)c1ccc(Cl)c(Cl)c1.Cl. The van der Waals surface area contributed by atoms with E-state index in [0.717, 1.165) is 24.1 Å². The van der Waals surface area contributed by atoms with Gasteiger partial charge in [-0.15, -0.1) is 12.4 Å². The Kier molecular flexibility index (Phi) is 9.16. The van der Waals surface area contributed by atoms with Gasteiger partial charge in [0.1, 0.15) is 0 Å². The first-order valence-corrected chi connectivity index (χ1v) is 8.31. The Hall–Kier alpha value is -1.26. The van der Waals surface area contributed by atoms with Crippen molar-refractivity contribution in [1.82, 2.24) is 10.6 Å². The van der Waals surface area contributed by atoms with Crippen molar-refractivity contribution in [1.29, 1.82) is 0 Å². The van der Waals surface area contributed by atoms with Crippen LogP contribution in [0.15, 0.2) is 48.5 Å². The number of rotatable bonds is 7. The van der Waals surface area contributed by atoms with E-state index >= 15 is 0 Å². The molecule has 0 aliphatic rings. The number of amides is 1. The summed E-state index contributed by atoms with van der Waals surface area (Å²) in [5, 5.41) is 7.11. The van der Waals surface area contributed by atoms with Crippen LogP contribution in [0.25, 0.3) is 0 Å². The topological polar surface area (TPSA) is 41.1 Å². The normalized spacial score (nSPS) is 11.5. The fourth-order valence-corrected chi connectivity index (χ4v) is 2.66. The number of benzene rings is 2. The minimum atomic E-state index is -0.243. The Morgan fingerprint density at radius 2 is 1.75 bits per heavy atom. The smallest absolute Gasteiger partial charge is 0.220 e. The fraction of sp³-hybridized carbons (Fsp3) is 0.278. The zero-order valence-corrected chi connectivity index (χ0v) is 15.7. The van der Waals surface area contributed by atoms with Crippen molar-refractivity contribution in [3.63, 3.8) is 0 Å². The first kappa shape index (κ1) is 20.8. The number of halogens is 3. The maximum atomic E-state index is 12.2. The van der Waals surface area contributed by atoms with Crippen molar-refractivity contribution in [3.8, 4) is 0 Å². The second-order valence-corrected chi connectivity index (χ2v) is 6.11. The molecule has 130 valence electrons. The van der Waals surface area contributed by atoms with E-state index in [9.17, 15) is 4.79 Å². The summed E-state index contributed by atoms with van der Waals surface area (Å²) in [5.74, 6) is 0.0141. The summed E-state index contributed by atoms with van der Waals surface area (Å²) in [6.45, 7) is 0.816. The van der Waals surface area contributed by atoms with E-state index in [1.165, 1.54) is 0 Å². The van der Waals surface area contributed by atoms with E-state index in [1.807, 2.05) is 43.4 Å². The Balaban J connectivity index is 0.00000288. The fourth-order valence-electron chi connectivity index (χ4n) is 2.36. The standard InChI is InChI=1S/C18H20Cl2N2O.ClH/c1-21-11-5-8-17(23)22-18(13-6-3-2-4-7-13)14-9-10-15(19)16(20)12-14;/h2-4,6-7,9-10,12,18,21H,5,8,11H2,1H3,(H,22,23);1H. The summed E-state index contributed by atoms with van der Waals surface area (Å²) in [6, 6.07) is 15.0. The predicted octanol–water partition coefficient (Wildman–Crippen LogP) is 4.62. The molecule has 0 spiro atoms. The molecule has 2 aromatic rings.